The minimum absolute atomic E-state index is 0.468. The fourth-order valence-electron chi connectivity index (χ4n) is 2.61. The zero-order chi connectivity index (χ0) is 11.6. The molecule has 1 heterocycles. The summed E-state index contributed by atoms with van der Waals surface area (Å²) in [6, 6.07) is 2.64. The number of hydrogen-bond donors (Lipinski definition) is 1. The van der Waals surface area contributed by atoms with E-state index < -0.39 is 0 Å². The average Bonchev–Trinajstić information content (AvgIpc) is 2.63. The highest BCUT2D eigenvalue weighted by Gasteiger charge is 2.36. The monoisotopic (exact) mass is 221 g/mol. The second-order valence-corrected chi connectivity index (χ2v) is 5.44. The van der Waals surface area contributed by atoms with E-state index in [2.05, 4.69) is 41.2 Å². The molecule has 0 aliphatic heterocycles. The van der Waals surface area contributed by atoms with Gasteiger partial charge < -0.3 is 5.32 Å². The third kappa shape index (κ3) is 2.29. The Morgan fingerprint density at radius 2 is 2.25 bits per heavy atom. The molecule has 0 aromatic carbocycles. The molecule has 1 fully saturated rings. The third-order valence-corrected chi connectivity index (χ3v) is 3.71. The summed E-state index contributed by atoms with van der Waals surface area (Å²) in [7, 11) is 2.05. The van der Waals surface area contributed by atoms with Crippen molar-refractivity contribution in [3.05, 3.63) is 18.0 Å². The Kier molecular flexibility index (Phi) is 3.33. The van der Waals surface area contributed by atoms with Crippen molar-refractivity contribution in [3.63, 3.8) is 0 Å². The van der Waals surface area contributed by atoms with Gasteiger partial charge >= 0.3 is 0 Å². The van der Waals surface area contributed by atoms with E-state index in [9.17, 15) is 0 Å². The molecule has 3 nitrogen and oxygen atoms in total. The molecule has 16 heavy (non-hydrogen) atoms. The Bertz CT molecular complexity index is 337. The molecule has 1 aliphatic rings. The van der Waals surface area contributed by atoms with Crippen molar-refractivity contribution < 1.29 is 0 Å². The van der Waals surface area contributed by atoms with E-state index in [0.717, 1.165) is 13.0 Å². The highest BCUT2D eigenvalue weighted by Crippen LogP contribution is 2.42. The van der Waals surface area contributed by atoms with Crippen molar-refractivity contribution in [1.82, 2.24) is 15.1 Å². The molecular formula is C13H23N3. The van der Waals surface area contributed by atoms with Crippen molar-refractivity contribution in [2.45, 2.75) is 45.6 Å². The Balaban J connectivity index is 2.01. The van der Waals surface area contributed by atoms with Gasteiger partial charge in [-0.1, -0.05) is 6.42 Å². The van der Waals surface area contributed by atoms with Gasteiger partial charge in [0.2, 0.25) is 0 Å². The average molecular weight is 221 g/mol. The fraction of sp³-hybridized carbons (Fsp3) is 0.769. The van der Waals surface area contributed by atoms with Gasteiger partial charge in [0, 0.05) is 18.8 Å². The van der Waals surface area contributed by atoms with Crippen LogP contribution in [0.25, 0.3) is 0 Å². The summed E-state index contributed by atoms with van der Waals surface area (Å²) in [4.78, 5) is 0. The van der Waals surface area contributed by atoms with Crippen molar-refractivity contribution in [1.29, 1.82) is 0 Å². The minimum Gasteiger partial charge on any atom is -0.319 e. The van der Waals surface area contributed by atoms with Crippen LogP contribution in [0.3, 0.4) is 0 Å². The molecule has 0 radical (unpaired) electrons. The number of rotatable bonds is 5. The van der Waals surface area contributed by atoms with Crippen molar-refractivity contribution in [2.75, 3.05) is 13.6 Å². The maximum atomic E-state index is 4.65. The van der Waals surface area contributed by atoms with Crippen LogP contribution in [0, 0.1) is 5.41 Å². The largest absolute Gasteiger partial charge is 0.319 e. The zero-order valence-electron chi connectivity index (χ0n) is 10.7. The molecule has 1 aromatic rings. The normalized spacial score (nSPS) is 18.8. The van der Waals surface area contributed by atoms with Crippen LogP contribution in [0.5, 0.6) is 0 Å². The number of nitrogens with one attached hydrogen (secondary N) is 1. The molecule has 3 heteroatoms. The molecule has 0 unspecified atom stereocenters. The maximum Gasteiger partial charge on any atom is 0.0630 e. The molecule has 2 rings (SSSR count). The van der Waals surface area contributed by atoms with Crippen molar-refractivity contribution >= 4 is 0 Å². The molecule has 0 atom stereocenters. The predicted octanol–water partition coefficient (Wildman–Crippen LogP) is 2.40. The second kappa shape index (κ2) is 4.58. The van der Waals surface area contributed by atoms with E-state index in [4.69, 9.17) is 0 Å². The number of hydrogen-bond acceptors (Lipinski definition) is 2. The SMILES string of the molecule is CNCC1(Cc2ccn(C(C)C)n2)CCC1. The summed E-state index contributed by atoms with van der Waals surface area (Å²) in [5, 5.41) is 7.97. The standard InChI is InChI=1S/C13H23N3/c1-11(2)16-8-5-12(15-16)9-13(10-14-3)6-4-7-13/h5,8,11,14H,4,6-7,9-10H2,1-3H3. The lowest BCUT2D eigenvalue weighted by Gasteiger charge is -2.41. The quantitative estimate of drug-likeness (QED) is 0.827. The molecule has 0 spiro atoms. The van der Waals surface area contributed by atoms with Crippen LogP contribution in [-0.2, 0) is 6.42 Å². The van der Waals surface area contributed by atoms with Crippen LogP contribution in [0.1, 0.15) is 44.8 Å². The lowest BCUT2D eigenvalue weighted by atomic mass is 9.66. The fourth-order valence-corrected chi connectivity index (χ4v) is 2.61. The van der Waals surface area contributed by atoms with E-state index in [0.29, 0.717) is 11.5 Å². The van der Waals surface area contributed by atoms with Gasteiger partial charge in [-0.3, -0.25) is 4.68 Å². The van der Waals surface area contributed by atoms with Crippen molar-refractivity contribution in [3.8, 4) is 0 Å². The number of nitrogens with zero attached hydrogens (tertiary/aromatic N) is 2. The molecule has 0 amide bonds. The van der Waals surface area contributed by atoms with Gasteiger partial charge in [-0.25, -0.2) is 0 Å². The van der Waals surface area contributed by atoms with Crippen LogP contribution in [-0.4, -0.2) is 23.4 Å². The Morgan fingerprint density at radius 1 is 1.50 bits per heavy atom. The van der Waals surface area contributed by atoms with Crippen LogP contribution < -0.4 is 5.32 Å². The molecular weight excluding hydrogens is 198 g/mol. The first kappa shape index (κ1) is 11.6. The maximum absolute atomic E-state index is 4.65. The lowest BCUT2D eigenvalue weighted by molar-refractivity contribution is 0.131. The van der Waals surface area contributed by atoms with Crippen LogP contribution in [0.4, 0.5) is 0 Å². The molecule has 1 aromatic heterocycles. The number of aromatic nitrogens is 2. The zero-order valence-corrected chi connectivity index (χ0v) is 10.7. The molecule has 90 valence electrons. The summed E-state index contributed by atoms with van der Waals surface area (Å²) in [6.07, 6.45) is 7.32. The minimum atomic E-state index is 0.468. The van der Waals surface area contributed by atoms with Gasteiger partial charge in [0.15, 0.2) is 0 Å². The van der Waals surface area contributed by atoms with E-state index >= 15 is 0 Å². The Labute approximate surface area is 98.2 Å². The van der Waals surface area contributed by atoms with Gasteiger partial charge in [0.1, 0.15) is 0 Å². The van der Waals surface area contributed by atoms with Gasteiger partial charge in [0.25, 0.3) is 0 Å². The molecule has 1 aliphatic carbocycles. The molecule has 0 bridgehead atoms. The van der Waals surface area contributed by atoms with E-state index in [1.807, 2.05) is 7.05 Å². The second-order valence-electron chi connectivity index (χ2n) is 5.44. The molecule has 0 saturated heterocycles. The summed E-state index contributed by atoms with van der Waals surface area (Å²) < 4.78 is 2.06. The Morgan fingerprint density at radius 3 is 2.69 bits per heavy atom. The van der Waals surface area contributed by atoms with Gasteiger partial charge in [-0.2, -0.15) is 5.10 Å². The first-order valence-electron chi connectivity index (χ1n) is 6.34. The lowest BCUT2D eigenvalue weighted by Crippen LogP contribution is -2.40. The highest BCUT2D eigenvalue weighted by atomic mass is 15.3. The van der Waals surface area contributed by atoms with Crippen LogP contribution >= 0.6 is 0 Å². The summed E-state index contributed by atoms with van der Waals surface area (Å²) >= 11 is 0. The molecule has 1 N–H and O–H groups in total. The topological polar surface area (TPSA) is 29.9 Å². The summed E-state index contributed by atoms with van der Waals surface area (Å²) in [6.45, 7) is 5.47. The van der Waals surface area contributed by atoms with E-state index in [1.54, 1.807) is 0 Å². The van der Waals surface area contributed by atoms with Gasteiger partial charge in [-0.15, -0.1) is 0 Å². The highest BCUT2D eigenvalue weighted by molar-refractivity contribution is 5.06. The predicted molar refractivity (Wildman–Crippen MR) is 66.5 cm³/mol. The van der Waals surface area contributed by atoms with Crippen molar-refractivity contribution in [2.24, 2.45) is 5.41 Å². The first-order valence-corrected chi connectivity index (χ1v) is 6.34. The Hall–Kier alpha value is -0.830. The van der Waals surface area contributed by atoms with Crippen LogP contribution in [0.2, 0.25) is 0 Å². The van der Waals surface area contributed by atoms with Gasteiger partial charge in [-0.05, 0) is 51.6 Å². The van der Waals surface area contributed by atoms with Gasteiger partial charge in [0.05, 0.1) is 5.69 Å². The third-order valence-electron chi connectivity index (χ3n) is 3.71. The van der Waals surface area contributed by atoms with E-state index in [1.165, 1.54) is 25.0 Å². The van der Waals surface area contributed by atoms with Crippen LogP contribution in [0.15, 0.2) is 12.3 Å². The van der Waals surface area contributed by atoms with E-state index in [-0.39, 0.29) is 0 Å². The summed E-state index contributed by atoms with van der Waals surface area (Å²) in [5.74, 6) is 0. The smallest absolute Gasteiger partial charge is 0.0630 e. The molecule has 1 saturated carbocycles. The first-order chi connectivity index (χ1) is 7.65. The summed E-state index contributed by atoms with van der Waals surface area (Å²) in [5.41, 5.74) is 1.74.